The first-order valence-electron chi connectivity index (χ1n) is 8.63. The van der Waals surface area contributed by atoms with E-state index in [0.717, 1.165) is 44.3 Å². The molecule has 1 aromatic carbocycles. The second-order valence-corrected chi connectivity index (χ2v) is 7.93. The summed E-state index contributed by atoms with van der Waals surface area (Å²) in [5, 5.41) is 3.25. The summed E-state index contributed by atoms with van der Waals surface area (Å²) in [5.74, 6) is 2.84. The molecule has 0 radical (unpaired) electrons. The maximum atomic E-state index is 6.16. The van der Waals surface area contributed by atoms with E-state index >= 15 is 0 Å². The molecule has 2 heterocycles. The molecule has 0 spiro atoms. The van der Waals surface area contributed by atoms with Gasteiger partial charge in [0.2, 0.25) is 0 Å². The Morgan fingerprint density at radius 3 is 2.56 bits per heavy atom. The number of aliphatic imine (C=N–C) groups is 1. The van der Waals surface area contributed by atoms with Gasteiger partial charge in [0.1, 0.15) is 0 Å². The third-order valence-electron chi connectivity index (χ3n) is 4.80. The molecule has 2 aliphatic heterocycles. The average Bonchev–Trinajstić information content (AvgIpc) is 3.03. The zero-order chi connectivity index (χ0) is 17.0. The highest BCUT2D eigenvalue weighted by molar-refractivity contribution is 14.0. The molecule has 2 aliphatic rings. The Morgan fingerprint density at radius 1 is 1.28 bits per heavy atom. The lowest BCUT2D eigenvalue weighted by molar-refractivity contribution is -0.0104. The van der Waals surface area contributed by atoms with E-state index in [9.17, 15) is 0 Å². The molecule has 1 unspecified atom stereocenters. The topological polar surface area (TPSA) is 62.9 Å². The van der Waals surface area contributed by atoms with Crippen LogP contribution in [0.15, 0.2) is 23.2 Å². The van der Waals surface area contributed by atoms with E-state index < -0.39 is 0 Å². The smallest absolute Gasteiger partial charge is 0.193 e. The number of hydrogen-bond acceptors (Lipinski definition) is 4. The zero-order valence-electron chi connectivity index (χ0n) is 15.1. The highest BCUT2D eigenvalue weighted by atomic mass is 127. The average molecular weight is 476 g/mol. The van der Waals surface area contributed by atoms with Gasteiger partial charge in [0.15, 0.2) is 5.96 Å². The number of thioether (sulfide) groups is 1. The summed E-state index contributed by atoms with van der Waals surface area (Å²) < 4.78 is 5.51. The maximum Gasteiger partial charge on any atom is 0.193 e. The fourth-order valence-corrected chi connectivity index (χ4v) is 5.04. The van der Waals surface area contributed by atoms with Crippen molar-refractivity contribution in [2.24, 2.45) is 10.7 Å². The molecule has 7 heteroatoms. The van der Waals surface area contributed by atoms with Gasteiger partial charge in [0.05, 0.1) is 25.3 Å². The molecule has 1 atom stereocenters. The van der Waals surface area contributed by atoms with Crippen molar-refractivity contribution in [2.45, 2.75) is 25.8 Å². The Hall–Kier alpha value is -0.510. The van der Waals surface area contributed by atoms with Gasteiger partial charge in [-0.1, -0.05) is 6.07 Å². The van der Waals surface area contributed by atoms with Crippen LogP contribution in [0.3, 0.4) is 0 Å². The van der Waals surface area contributed by atoms with Crippen LogP contribution in [0.25, 0.3) is 0 Å². The molecule has 140 valence electrons. The van der Waals surface area contributed by atoms with Crippen LogP contribution in [0.4, 0.5) is 5.69 Å². The van der Waals surface area contributed by atoms with Crippen LogP contribution in [0.2, 0.25) is 0 Å². The Bertz CT molecular complexity index is 578. The SMILES string of the molecule is Cc1cc(C)cc(NC(N)=NCC2(N3CCOCC3)CCSC2)c1.I. The van der Waals surface area contributed by atoms with Crippen molar-refractivity contribution < 1.29 is 4.74 Å². The summed E-state index contributed by atoms with van der Waals surface area (Å²) in [6.45, 7) is 8.59. The van der Waals surface area contributed by atoms with Crippen LogP contribution in [0, 0.1) is 13.8 Å². The summed E-state index contributed by atoms with van der Waals surface area (Å²) in [6.07, 6.45) is 1.18. The van der Waals surface area contributed by atoms with Gasteiger partial charge in [0, 0.05) is 24.5 Å². The second kappa shape index (κ2) is 9.43. The van der Waals surface area contributed by atoms with Gasteiger partial charge in [-0.2, -0.15) is 11.8 Å². The Labute approximate surface area is 172 Å². The first-order chi connectivity index (χ1) is 11.6. The number of ether oxygens (including phenoxy) is 1. The predicted octanol–water partition coefficient (Wildman–Crippen LogP) is 2.86. The Balaban J connectivity index is 0.00000225. The number of nitrogens with one attached hydrogen (secondary N) is 1. The minimum Gasteiger partial charge on any atom is -0.379 e. The Kier molecular flexibility index (Phi) is 7.85. The molecule has 0 amide bonds. The monoisotopic (exact) mass is 476 g/mol. The van der Waals surface area contributed by atoms with E-state index in [2.05, 4.69) is 42.3 Å². The highest BCUT2D eigenvalue weighted by Gasteiger charge is 2.40. The third kappa shape index (κ3) is 5.48. The lowest BCUT2D eigenvalue weighted by Crippen LogP contribution is -2.56. The second-order valence-electron chi connectivity index (χ2n) is 6.83. The number of hydrogen-bond donors (Lipinski definition) is 2. The molecule has 0 saturated carbocycles. The summed E-state index contributed by atoms with van der Waals surface area (Å²) in [4.78, 5) is 7.26. The number of aryl methyl sites for hydroxylation is 2. The van der Waals surface area contributed by atoms with Crippen molar-refractivity contribution in [3.63, 3.8) is 0 Å². The largest absolute Gasteiger partial charge is 0.379 e. The van der Waals surface area contributed by atoms with Crippen LogP contribution in [-0.2, 0) is 4.74 Å². The van der Waals surface area contributed by atoms with Gasteiger partial charge in [-0.15, -0.1) is 24.0 Å². The molecule has 0 aromatic heterocycles. The summed E-state index contributed by atoms with van der Waals surface area (Å²) in [5.41, 5.74) is 9.76. The van der Waals surface area contributed by atoms with Gasteiger partial charge >= 0.3 is 0 Å². The molecule has 1 aromatic rings. The van der Waals surface area contributed by atoms with E-state index in [1.54, 1.807) is 0 Å². The molecule has 3 N–H and O–H groups in total. The zero-order valence-corrected chi connectivity index (χ0v) is 18.2. The van der Waals surface area contributed by atoms with Gasteiger partial charge in [-0.3, -0.25) is 9.89 Å². The van der Waals surface area contributed by atoms with Crippen molar-refractivity contribution in [1.29, 1.82) is 0 Å². The van der Waals surface area contributed by atoms with E-state index in [0.29, 0.717) is 5.96 Å². The summed E-state index contributed by atoms with van der Waals surface area (Å²) in [7, 11) is 0. The van der Waals surface area contributed by atoms with Crippen molar-refractivity contribution in [3.05, 3.63) is 29.3 Å². The lowest BCUT2D eigenvalue weighted by atomic mass is 9.96. The normalized spacial score (nSPS) is 24.8. The van der Waals surface area contributed by atoms with Crippen molar-refractivity contribution in [3.8, 4) is 0 Å². The summed E-state index contributed by atoms with van der Waals surface area (Å²) in [6, 6.07) is 6.35. The minimum atomic E-state index is 0. The van der Waals surface area contributed by atoms with E-state index in [4.69, 9.17) is 15.5 Å². The van der Waals surface area contributed by atoms with Crippen LogP contribution >= 0.6 is 35.7 Å². The molecule has 5 nitrogen and oxygen atoms in total. The number of guanidine groups is 1. The standard InChI is InChI=1S/C18H28N4OS.HI/c1-14-9-15(2)11-16(10-14)21-17(19)20-12-18(3-8-24-13-18)22-4-6-23-7-5-22;/h9-11H,3-8,12-13H2,1-2H3,(H3,19,20,21);1H. The predicted molar refractivity (Wildman–Crippen MR) is 119 cm³/mol. The van der Waals surface area contributed by atoms with Gasteiger partial charge in [-0.25, -0.2) is 0 Å². The van der Waals surface area contributed by atoms with Crippen LogP contribution in [0.5, 0.6) is 0 Å². The first-order valence-corrected chi connectivity index (χ1v) is 9.79. The molecular formula is C18H29IN4OS. The fourth-order valence-electron chi connectivity index (χ4n) is 3.57. The van der Waals surface area contributed by atoms with Gasteiger partial charge in [-0.05, 0) is 49.3 Å². The van der Waals surface area contributed by atoms with Crippen molar-refractivity contribution in [1.82, 2.24) is 4.90 Å². The number of rotatable bonds is 4. The molecule has 3 rings (SSSR count). The van der Waals surface area contributed by atoms with E-state index in [1.807, 2.05) is 11.8 Å². The number of nitrogens with zero attached hydrogens (tertiary/aromatic N) is 2. The number of nitrogens with two attached hydrogens (primary N) is 1. The van der Waals surface area contributed by atoms with Gasteiger partial charge in [0.25, 0.3) is 0 Å². The molecule has 0 bridgehead atoms. The van der Waals surface area contributed by atoms with E-state index in [-0.39, 0.29) is 29.5 Å². The first kappa shape index (κ1) is 20.8. The molecule has 2 fully saturated rings. The van der Waals surface area contributed by atoms with E-state index in [1.165, 1.54) is 23.3 Å². The minimum absolute atomic E-state index is 0. The molecule has 2 saturated heterocycles. The number of anilines is 1. The molecule has 0 aliphatic carbocycles. The summed E-state index contributed by atoms with van der Waals surface area (Å²) >= 11 is 2.02. The van der Waals surface area contributed by atoms with Crippen LogP contribution < -0.4 is 11.1 Å². The highest BCUT2D eigenvalue weighted by Crippen LogP contribution is 2.34. The lowest BCUT2D eigenvalue weighted by Gasteiger charge is -2.42. The maximum absolute atomic E-state index is 6.16. The Morgan fingerprint density at radius 2 is 1.96 bits per heavy atom. The number of morpholine rings is 1. The van der Waals surface area contributed by atoms with Crippen LogP contribution in [-0.4, -0.2) is 60.8 Å². The molecular weight excluding hydrogens is 447 g/mol. The van der Waals surface area contributed by atoms with Crippen molar-refractivity contribution in [2.75, 3.05) is 49.7 Å². The number of halogens is 1. The van der Waals surface area contributed by atoms with Gasteiger partial charge < -0.3 is 15.8 Å². The third-order valence-corrected chi connectivity index (χ3v) is 6.04. The van der Waals surface area contributed by atoms with Crippen molar-refractivity contribution >= 4 is 47.4 Å². The molecule has 25 heavy (non-hydrogen) atoms. The van der Waals surface area contributed by atoms with Crippen LogP contribution in [0.1, 0.15) is 17.5 Å². The quantitative estimate of drug-likeness (QED) is 0.398. The number of benzene rings is 1. The fraction of sp³-hybridized carbons (Fsp3) is 0.611.